The Bertz CT molecular complexity index is 874. The van der Waals surface area contributed by atoms with Crippen LogP contribution >= 0.6 is 23.2 Å². The minimum absolute atomic E-state index is 0.177. The second-order valence-corrected chi connectivity index (χ2v) is 7.09. The summed E-state index contributed by atoms with van der Waals surface area (Å²) in [4.78, 5) is 29.1. The zero-order valence-electron chi connectivity index (χ0n) is 15.6. The van der Waals surface area contributed by atoms with E-state index >= 15 is 0 Å². The zero-order valence-corrected chi connectivity index (χ0v) is 17.1. The van der Waals surface area contributed by atoms with Crippen LogP contribution in [0.3, 0.4) is 0 Å². The number of hydrogen-bond acceptors (Lipinski definition) is 4. The molecular weight excluding hydrogens is 403 g/mol. The van der Waals surface area contributed by atoms with Gasteiger partial charge in [-0.05, 0) is 30.3 Å². The molecule has 8 heteroatoms. The molecule has 0 unspecified atom stereocenters. The van der Waals surface area contributed by atoms with Crippen molar-refractivity contribution in [3.05, 3.63) is 57.6 Å². The first-order chi connectivity index (χ1) is 13.5. The molecule has 0 aromatic heterocycles. The number of amides is 2. The van der Waals surface area contributed by atoms with Gasteiger partial charge >= 0.3 is 0 Å². The van der Waals surface area contributed by atoms with Gasteiger partial charge in [0, 0.05) is 31.2 Å². The van der Waals surface area contributed by atoms with Gasteiger partial charge in [0.1, 0.15) is 17.1 Å². The first-order valence-corrected chi connectivity index (χ1v) is 9.46. The van der Waals surface area contributed by atoms with Gasteiger partial charge in [-0.2, -0.15) is 0 Å². The van der Waals surface area contributed by atoms with Gasteiger partial charge in [0.25, 0.3) is 11.8 Å². The van der Waals surface area contributed by atoms with E-state index in [2.05, 4.69) is 0 Å². The molecule has 0 spiro atoms. The van der Waals surface area contributed by atoms with E-state index in [1.165, 1.54) is 14.2 Å². The van der Waals surface area contributed by atoms with Crippen molar-refractivity contribution in [1.82, 2.24) is 9.80 Å². The summed E-state index contributed by atoms with van der Waals surface area (Å²) in [5, 5.41) is 0.789. The summed E-state index contributed by atoms with van der Waals surface area (Å²) in [6, 6.07) is 10.00. The lowest BCUT2D eigenvalue weighted by atomic mass is 10.1. The number of ether oxygens (including phenoxy) is 2. The van der Waals surface area contributed by atoms with E-state index in [-0.39, 0.29) is 11.8 Å². The van der Waals surface area contributed by atoms with Gasteiger partial charge < -0.3 is 19.3 Å². The first-order valence-electron chi connectivity index (χ1n) is 8.71. The van der Waals surface area contributed by atoms with E-state index in [4.69, 9.17) is 32.7 Å². The van der Waals surface area contributed by atoms with Crippen LogP contribution in [0.5, 0.6) is 11.5 Å². The van der Waals surface area contributed by atoms with Crippen LogP contribution in [0.1, 0.15) is 20.7 Å². The Balaban J connectivity index is 1.72. The highest BCUT2D eigenvalue weighted by Gasteiger charge is 2.29. The van der Waals surface area contributed by atoms with E-state index in [1.807, 2.05) is 0 Å². The fourth-order valence-corrected chi connectivity index (χ4v) is 3.66. The van der Waals surface area contributed by atoms with E-state index in [1.54, 1.807) is 46.2 Å². The minimum Gasteiger partial charge on any atom is -0.496 e. The molecule has 0 atom stereocenters. The third-order valence-electron chi connectivity index (χ3n) is 4.66. The lowest BCUT2D eigenvalue weighted by Gasteiger charge is -2.35. The Hall–Kier alpha value is -2.44. The smallest absolute Gasteiger partial charge is 0.261 e. The van der Waals surface area contributed by atoms with E-state index < -0.39 is 0 Å². The predicted molar refractivity (Wildman–Crippen MR) is 108 cm³/mol. The van der Waals surface area contributed by atoms with Crippen LogP contribution in [0.2, 0.25) is 10.0 Å². The van der Waals surface area contributed by atoms with Crippen molar-refractivity contribution in [3.8, 4) is 11.5 Å². The van der Waals surface area contributed by atoms with Crippen molar-refractivity contribution < 1.29 is 19.1 Å². The first kappa shape index (κ1) is 20.3. The second-order valence-electron chi connectivity index (χ2n) is 6.25. The maximum absolute atomic E-state index is 13.0. The van der Waals surface area contributed by atoms with Crippen molar-refractivity contribution in [2.75, 3.05) is 40.4 Å². The van der Waals surface area contributed by atoms with Crippen molar-refractivity contribution in [2.45, 2.75) is 0 Å². The average Bonchev–Trinajstić information content (AvgIpc) is 2.72. The van der Waals surface area contributed by atoms with E-state index in [9.17, 15) is 9.59 Å². The standard InChI is InChI=1S/C20H20Cl2N2O4/c1-27-16-4-3-5-17(28-2)18(16)20(26)24-10-8-23(9-11-24)19(25)14-7-6-13(21)12-15(14)22/h3-7,12H,8-11H2,1-2H3. The summed E-state index contributed by atoms with van der Waals surface area (Å²) in [5.41, 5.74) is 0.783. The highest BCUT2D eigenvalue weighted by molar-refractivity contribution is 6.36. The Morgan fingerprint density at radius 1 is 0.857 bits per heavy atom. The van der Waals surface area contributed by atoms with Gasteiger partial charge in [-0.25, -0.2) is 0 Å². The van der Waals surface area contributed by atoms with Crippen LogP contribution in [0.4, 0.5) is 0 Å². The molecule has 28 heavy (non-hydrogen) atoms. The number of nitrogens with zero attached hydrogens (tertiary/aromatic N) is 2. The van der Waals surface area contributed by atoms with Crippen LogP contribution in [-0.2, 0) is 0 Å². The quantitative estimate of drug-likeness (QED) is 0.754. The summed E-state index contributed by atoms with van der Waals surface area (Å²) in [7, 11) is 3.02. The number of hydrogen-bond donors (Lipinski definition) is 0. The summed E-state index contributed by atoms with van der Waals surface area (Å²) >= 11 is 12.0. The third kappa shape index (κ3) is 4.03. The molecule has 0 aliphatic carbocycles. The molecule has 1 aliphatic heterocycles. The van der Waals surface area contributed by atoms with Gasteiger partial charge in [0.15, 0.2) is 0 Å². The Kier molecular flexibility index (Phi) is 6.31. The van der Waals surface area contributed by atoms with Gasteiger partial charge in [0.05, 0.1) is 24.8 Å². The van der Waals surface area contributed by atoms with Crippen molar-refractivity contribution >= 4 is 35.0 Å². The summed E-state index contributed by atoms with van der Waals surface area (Å²) in [6.45, 7) is 1.61. The Labute approximate surface area is 173 Å². The molecule has 1 saturated heterocycles. The highest BCUT2D eigenvalue weighted by atomic mass is 35.5. The number of rotatable bonds is 4. The normalized spacial score (nSPS) is 14.0. The maximum atomic E-state index is 13.0. The van der Waals surface area contributed by atoms with Gasteiger partial charge in [-0.15, -0.1) is 0 Å². The number of carbonyl (C=O) groups is 2. The molecule has 6 nitrogen and oxygen atoms in total. The molecule has 0 bridgehead atoms. The van der Waals surface area contributed by atoms with Crippen molar-refractivity contribution in [3.63, 3.8) is 0 Å². The molecule has 3 rings (SSSR count). The zero-order chi connectivity index (χ0) is 20.3. The van der Waals surface area contributed by atoms with Crippen LogP contribution < -0.4 is 9.47 Å². The third-order valence-corrected chi connectivity index (χ3v) is 5.21. The average molecular weight is 423 g/mol. The topological polar surface area (TPSA) is 59.1 Å². The maximum Gasteiger partial charge on any atom is 0.261 e. The fraction of sp³-hybridized carbons (Fsp3) is 0.300. The monoisotopic (exact) mass is 422 g/mol. The molecule has 0 N–H and O–H groups in total. The predicted octanol–water partition coefficient (Wildman–Crippen LogP) is 3.61. The lowest BCUT2D eigenvalue weighted by molar-refractivity contribution is 0.0531. The number of methoxy groups -OCH3 is 2. The Morgan fingerprint density at radius 3 is 1.89 bits per heavy atom. The van der Waals surface area contributed by atoms with Gasteiger partial charge in [0.2, 0.25) is 0 Å². The van der Waals surface area contributed by atoms with Gasteiger partial charge in [-0.3, -0.25) is 9.59 Å². The number of piperazine rings is 1. The van der Waals surface area contributed by atoms with Crippen molar-refractivity contribution in [1.29, 1.82) is 0 Å². The molecule has 1 fully saturated rings. The summed E-state index contributed by atoms with van der Waals surface area (Å²) in [6.07, 6.45) is 0. The fourth-order valence-electron chi connectivity index (χ4n) is 3.17. The minimum atomic E-state index is -0.189. The van der Waals surface area contributed by atoms with E-state index in [0.717, 1.165) is 0 Å². The van der Waals surface area contributed by atoms with Crippen LogP contribution in [-0.4, -0.2) is 62.0 Å². The van der Waals surface area contributed by atoms with E-state index in [0.29, 0.717) is 58.9 Å². The molecule has 1 aliphatic rings. The number of carbonyl (C=O) groups excluding carboxylic acids is 2. The molecule has 148 valence electrons. The SMILES string of the molecule is COc1cccc(OC)c1C(=O)N1CCN(C(=O)c2ccc(Cl)cc2Cl)CC1. The molecular formula is C20H20Cl2N2O4. The van der Waals surface area contributed by atoms with Crippen LogP contribution in [0.25, 0.3) is 0 Å². The number of halogens is 2. The molecule has 0 radical (unpaired) electrons. The summed E-state index contributed by atoms with van der Waals surface area (Å²) in [5.74, 6) is 0.543. The lowest BCUT2D eigenvalue weighted by Crippen LogP contribution is -2.50. The van der Waals surface area contributed by atoms with Crippen LogP contribution in [0.15, 0.2) is 36.4 Å². The number of benzene rings is 2. The molecule has 2 aromatic carbocycles. The highest BCUT2D eigenvalue weighted by Crippen LogP contribution is 2.30. The molecule has 2 aromatic rings. The van der Waals surface area contributed by atoms with Crippen molar-refractivity contribution in [2.24, 2.45) is 0 Å². The molecule has 0 saturated carbocycles. The largest absolute Gasteiger partial charge is 0.496 e. The molecule has 2 amide bonds. The van der Waals surface area contributed by atoms with Gasteiger partial charge in [-0.1, -0.05) is 29.3 Å². The Morgan fingerprint density at radius 2 is 1.39 bits per heavy atom. The second kappa shape index (κ2) is 8.71. The molecule has 1 heterocycles. The van der Waals surface area contributed by atoms with Crippen LogP contribution in [0, 0.1) is 0 Å². The summed E-state index contributed by atoms with van der Waals surface area (Å²) < 4.78 is 10.6.